The second-order valence-electron chi connectivity index (χ2n) is 5.48. The van der Waals surface area contributed by atoms with Crippen LogP contribution in [0.1, 0.15) is 5.56 Å². The lowest BCUT2D eigenvalue weighted by molar-refractivity contribution is -0.384. The molecular weight excluding hydrogens is 362 g/mol. The van der Waals surface area contributed by atoms with Gasteiger partial charge in [0.05, 0.1) is 4.92 Å². The first kappa shape index (κ1) is 18.3. The van der Waals surface area contributed by atoms with E-state index in [4.69, 9.17) is 10.00 Å². The van der Waals surface area contributed by atoms with E-state index >= 15 is 0 Å². The summed E-state index contributed by atoms with van der Waals surface area (Å²) in [6, 6.07) is 16.7. The van der Waals surface area contributed by atoms with Gasteiger partial charge < -0.3 is 15.4 Å². The molecule has 0 fully saturated rings. The van der Waals surface area contributed by atoms with Crippen LogP contribution in [-0.4, -0.2) is 15.9 Å². The van der Waals surface area contributed by atoms with Crippen LogP contribution in [0, 0.1) is 21.4 Å². The maximum absolute atomic E-state index is 12.1. The Labute approximate surface area is 159 Å². The summed E-state index contributed by atoms with van der Waals surface area (Å²) < 4.78 is 5.57. The minimum atomic E-state index is -0.550. The Hall–Kier alpha value is -4.45. The molecule has 0 aliphatic rings. The predicted octanol–water partition coefficient (Wildman–Crippen LogP) is 4.30. The van der Waals surface area contributed by atoms with Crippen LogP contribution < -0.4 is 15.4 Å². The van der Waals surface area contributed by atoms with Crippen LogP contribution in [0.4, 0.5) is 21.9 Å². The molecular formula is C19H13N5O4. The fraction of sp³-hybridized carbons (Fsp3) is 0. The van der Waals surface area contributed by atoms with Crippen molar-refractivity contribution in [3.05, 3.63) is 82.5 Å². The number of benzene rings is 2. The number of urea groups is 1. The number of nitrogens with zero attached hydrogens (tertiary/aromatic N) is 3. The number of rotatable bonds is 5. The van der Waals surface area contributed by atoms with Crippen LogP contribution in [0.25, 0.3) is 0 Å². The monoisotopic (exact) mass is 375 g/mol. The highest BCUT2D eigenvalue weighted by atomic mass is 16.6. The molecule has 0 atom stereocenters. The average molecular weight is 375 g/mol. The van der Waals surface area contributed by atoms with E-state index in [0.29, 0.717) is 22.7 Å². The summed E-state index contributed by atoms with van der Waals surface area (Å²) in [6.07, 6.45) is 1.52. The molecule has 0 saturated heterocycles. The van der Waals surface area contributed by atoms with Gasteiger partial charge in [-0.1, -0.05) is 6.07 Å². The van der Waals surface area contributed by atoms with E-state index in [1.807, 2.05) is 6.07 Å². The van der Waals surface area contributed by atoms with Crippen molar-refractivity contribution in [2.45, 2.75) is 0 Å². The topological polar surface area (TPSA) is 130 Å². The van der Waals surface area contributed by atoms with Crippen LogP contribution in [0.3, 0.4) is 0 Å². The number of carbonyl (C=O) groups is 1. The molecule has 0 aliphatic carbocycles. The highest BCUT2D eigenvalue weighted by Crippen LogP contribution is 2.24. The molecule has 3 rings (SSSR count). The minimum absolute atomic E-state index is 0.120. The van der Waals surface area contributed by atoms with E-state index in [2.05, 4.69) is 15.6 Å². The number of hydrogen-bond donors (Lipinski definition) is 2. The number of anilines is 2. The first-order valence-electron chi connectivity index (χ1n) is 8.00. The predicted molar refractivity (Wildman–Crippen MR) is 101 cm³/mol. The molecule has 138 valence electrons. The third-order valence-electron chi connectivity index (χ3n) is 3.53. The van der Waals surface area contributed by atoms with E-state index in [-0.39, 0.29) is 11.6 Å². The summed E-state index contributed by atoms with van der Waals surface area (Å²) >= 11 is 0. The molecule has 2 amide bonds. The van der Waals surface area contributed by atoms with Crippen LogP contribution in [0.15, 0.2) is 66.9 Å². The highest BCUT2D eigenvalue weighted by molar-refractivity contribution is 5.99. The van der Waals surface area contributed by atoms with Crippen LogP contribution in [0.2, 0.25) is 0 Å². The molecule has 28 heavy (non-hydrogen) atoms. The van der Waals surface area contributed by atoms with Gasteiger partial charge in [0, 0.05) is 29.7 Å². The fourth-order valence-electron chi connectivity index (χ4n) is 2.27. The quantitative estimate of drug-likeness (QED) is 0.505. The Morgan fingerprint density at radius 3 is 2.54 bits per heavy atom. The molecule has 9 heteroatoms. The van der Waals surface area contributed by atoms with E-state index < -0.39 is 11.0 Å². The highest BCUT2D eigenvalue weighted by Gasteiger charge is 2.09. The SMILES string of the molecule is N#Cc1cccnc1Oc1ccc(NC(=O)Nc2cccc([N+](=O)[O-])c2)cc1. The lowest BCUT2D eigenvalue weighted by Gasteiger charge is -2.09. The number of carbonyl (C=O) groups excluding carboxylic acids is 1. The number of hydrogen-bond acceptors (Lipinski definition) is 6. The number of pyridine rings is 1. The van der Waals surface area contributed by atoms with Crippen molar-refractivity contribution >= 4 is 23.1 Å². The maximum atomic E-state index is 12.1. The van der Waals surface area contributed by atoms with Crippen LogP contribution >= 0.6 is 0 Å². The average Bonchev–Trinajstić information content (AvgIpc) is 2.70. The Balaban J connectivity index is 1.62. The molecule has 2 N–H and O–H groups in total. The van der Waals surface area contributed by atoms with Crippen molar-refractivity contribution in [1.29, 1.82) is 5.26 Å². The Morgan fingerprint density at radius 2 is 1.82 bits per heavy atom. The van der Waals surface area contributed by atoms with Crippen molar-refractivity contribution in [2.24, 2.45) is 0 Å². The fourth-order valence-corrected chi connectivity index (χ4v) is 2.27. The van der Waals surface area contributed by atoms with Crippen molar-refractivity contribution in [2.75, 3.05) is 10.6 Å². The number of nitrogens with one attached hydrogen (secondary N) is 2. The lowest BCUT2D eigenvalue weighted by atomic mass is 10.3. The minimum Gasteiger partial charge on any atom is -0.438 e. The summed E-state index contributed by atoms with van der Waals surface area (Å²) in [5, 5.41) is 25.0. The molecule has 0 bridgehead atoms. The van der Waals surface area contributed by atoms with Gasteiger partial charge >= 0.3 is 6.03 Å². The van der Waals surface area contributed by atoms with Crippen molar-refractivity contribution in [3.8, 4) is 17.7 Å². The van der Waals surface area contributed by atoms with Gasteiger partial charge in [0.2, 0.25) is 5.88 Å². The Bertz CT molecular complexity index is 1060. The van der Waals surface area contributed by atoms with E-state index in [1.54, 1.807) is 42.5 Å². The molecule has 0 aliphatic heterocycles. The smallest absolute Gasteiger partial charge is 0.323 e. The zero-order valence-corrected chi connectivity index (χ0v) is 14.3. The Kier molecular flexibility index (Phi) is 5.43. The van der Waals surface area contributed by atoms with Crippen LogP contribution in [-0.2, 0) is 0 Å². The van der Waals surface area contributed by atoms with Gasteiger partial charge in [0.25, 0.3) is 5.69 Å². The molecule has 0 radical (unpaired) electrons. The van der Waals surface area contributed by atoms with Crippen molar-refractivity contribution in [3.63, 3.8) is 0 Å². The molecule has 3 aromatic rings. The van der Waals surface area contributed by atoms with E-state index in [1.165, 1.54) is 24.4 Å². The first-order chi connectivity index (χ1) is 13.5. The Morgan fingerprint density at radius 1 is 1.07 bits per heavy atom. The third kappa shape index (κ3) is 4.59. The van der Waals surface area contributed by atoms with Gasteiger partial charge in [0.15, 0.2) is 0 Å². The number of aromatic nitrogens is 1. The summed E-state index contributed by atoms with van der Waals surface area (Å²) in [5.41, 5.74) is 0.967. The molecule has 1 aromatic heterocycles. The normalized spacial score (nSPS) is 9.82. The largest absolute Gasteiger partial charge is 0.438 e. The molecule has 2 aromatic carbocycles. The second-order valence-corrected chi connectivity index (χ2v) is 5.48. The van der Waals surface area contributed by atoms with E-state index in [0.717, 1.165) is 0 Å². The second kappa shape index (κ2) is 8.29. The summed E-state index contributed by atoms with van der Waals surface area (Å²) in [6.45, 7) is 0. The summed E-state index contributed by atoms with van der Waals surface area (Å²) in [7, 11) is 0. The number of ether oxygens (including phenoxy) is 1. The molecule has 9 nitrogen and oxygen atoms in total. The third-order valence-corrected chi connectivity index (χ3v) is 3.53. The molecule has 0 spiro atoms. The zero-order valence-electron chi connectivity index (χ0n) is 14.3. The van der Waals surface area contributed by atoms with Crippen molar-refractivity contribution in [1.82, 2.24) is 4.98 Å². The zero-order chi connectivity index (χ0) is 19.9. The van der Waals surface area contributed by atoms with Gasteiger partial charge in [-0.05, 0) is 42.5 Å². The lowest BCUT2D eigenvalue weighted by Crippen LogP contribution is -2.19. The standard InChI is InChI=1S/C19H13N5O4/c20-12-13-3-2-10-21-18(13)28-17-8-6-14(7-9-17)22-19(25)23-15-4-1-5-16(11-15)24(26)27/h1-11H,(H2,22,23,25). The van der Waals surface area contributed by atoms with Gasteiger partial charge in [0.1, 0.15) is 17.4 Å². The van der Waals surface area contributed by atoms with Crippen molar-refractivity contribution < 1.29 is 14.5 Å². The maximum Gasteiger partial charge on any atom is 0.323 e. The number of amides is 2. The molecule has 0 saturated carbocycles. The summed E-state index contributed by atoms with van der Waals surface area (Å²) in [4.78, 5) is 26.3. The summed E-state index contributed by atoms with van der Waals surface area (Å²) in [5.74, 6) is 0.633. The molecule has 1 heterocycles. The van der Waals surface area contributed by atoms with Gasteiger partial charge in [-0.15, -0.1) is 0 Å². The van der Waals surface area contributed by atoms with Gasteiger partial charge in [-0.3, -0.25) is 10.1 Å². The number of non-ortho nitro benzene ring substituents is 1. The number of nitriles is 1. The van der Waals surface area contributed by atoms with Gasteiger partial charge in [-0.2, -0.15) is 5.26 Å². The molecule has 0 unspecified atom stereocenters. The number of nitro groups is 1. The van der Waals surface area contributed by atoms with Crippen LogP contribution in [0.5, 0.6) is 11.6 Å². The van der Waals surface area contributed by atoms with Gasteiger partial charge in [-0.25, -0.2) is 9.78 Å². The first-order valence-corrected chi connectivity index (χ1v) is 8.00. The van der Waals surface area contributed by atoms with E-state index in [9.17, 15) is 14.9 Å². The number of nitro benzene ring substituents is 1.